The van der Waals surface area contributed by atoms with Crippen LogP contribution in [0.2, 0.25) is 0 Å². The fraction of sp³-hybridized carbons (Fsp3) is 0.350. The molecule has 3 rings (SSSR count). The third-order valence-electron chi connectivity index (χ3n) is 4.73. The highest BCUT2D eigenvalue weighted by atomic mass is 16.3. The van der Waals surface area contributed by atoms with Gasteiger partial charge in [0.25, 0.3) is 5.56 Å². The van der Waals surface area contributed by atoms with E-state index in [2.05, 4.69) is 35.6 Å². The molecule has 1 atom stereocenters. The molecule has 25 heavy (non-hydrogen) atoms. The van der Waals surface area contributed by atoms with E-state index in [0.29, 0.717) is 0 Å². The molecule has 5 nitrogen and oxygen atoms in total. The van der Waals surface area contributed by atoms with Crippen LogP contribution in [0.15, 0.2) is 47.5 Å². The smallest absolute Gasteiger partial charge is 0.255 e. The second-order valence-corrected chi connectivity index (χ2v) is 6.76. The Morgan fingerprint density at radius 1 is 1.20 bits per heavy atom. The van der Waals surface area contributed by atoms with E-state index < -0.39 is 0 Å². The van der Waals surface area contributed by atoms with E-state index in [9.17, 15) is 9.90 Å². The van der Waals surface area contributed by atoms with Gasteiger partial charge in [-0.1, -0.05) is 24.3 Å². The molecule has 1 aliphatic heterocycles. The summed E-state index contributed by atoms with van der Waals surface area (Å²) in [6.45, 7) is 2.81. The molecule has 1 aromatic carbocycles. The lowest BCUT2D eigenvalue weighted by Crippen LogP contribution is -2.36. The first-order valence-corrected chi connectivity index (χ1v) is 8.52. The topological polar surface area (TPSA) is 57.5 Å². The number of rotatable bonds is 4. The van der Waals surface area contributed by atoms with Gasteiger partial charge in [-0.25, -0.2) is 0 Å². The van der Waals surface area contributed by atoms with Crippen molar-refractivity contribution in [2.24, 2.45) is 7.05 Å². The van der Waals surface area contributed by atoms with Gasteiger partial charge in [-0.2, -0.15) is 0 Å². The van der Waals surface area contributed by atoms with Crippen molar-refractivity contribution in [3.05, 3.63) is 69.8 Å². The first-order chi connectivity index (χ1) is 12.0. The summed E-state index contributed by atoms with van der Waals surface area (Å²) in [5.74, 6) is 0. The Morgan fingerprint density at radius 3 is 2.60 bits per heavy atom. The van der Waals surface area contributed by atoms with Crippen molar-refractivity contribution in [3.63, 3.8) is 0 Å². The van der Waals surface area contributed by atoms with Crippen LogP contribution in [-0.2, 0) is 13.7 Å². The molecule has 2 aromatic rings. The van der Waals surface area contributed by atoms with E-state index in [1.807, 2.05) is 25.1 Å². The Kier molecular flexibility index (Phi) is 4.95. The number of aromatic nitrogens is 1. The maximum atomic E-state index is 12.1. The molecule has 1 aromatic heterocycles. The molecular weight excluding hydrogens is 314 g/mol. The number of nitrogens with one attached hydrogen (secondary N) is 1. The van der Waals surface area contributed by atoms with Crippen LogP contribution in [0.4, 0.5) is 5.69 Å². The maximum Gasteiger partial charge on any atom is 0.255 e. The van der Waals surface area contributed by atoms with Crippen LogP contribution in [0.25, 0.3) is 5.57 Å². The van der Waals surface area contributed by atoms with Gasteiger partial charge in [0.05, 0.1) is 6.61 Å². The normalized spacial score (nSPS) is 17.4. The van der Waals surface area contributed by atoms with E-state index in [1.165, 1.54) is 5.57 Å². The second kappa shape index (κ2) is 7.15. The first-order valence-electron chi connectivity index (χ1n) is 8.52. The average molecular weight is 339 g/mol. The summed E-state index contributed by atoms with van der Waals surface area (Å²) >= 11 is 0. The lowest BCUT2D eigenvalue weighted by molar-refractivity contribution is 0.282. The number of hydrogen-bond donors (Lipinski definition) is 2. The monoisotopic (exact) mass is 339 g/mol. The highest BCUT2D eigenvalue weighted by Gasteiger charge is 2.20. The predicted molar refractivity (Wildman–Crippen MR) is 101 cm³/mol. The molecule has 0 saturated carbocycles. The van der Waals surface area contributed by atoms with Crippen molar-refractivity contribution in [1.82, 2.24) is 9.47 Å². The van der Waals surface area contributed by atoms with Gasteiger partial charge in [0.1, 0.15) is 0 Å². The molecule has 5 heteroatoms. The Balaban J connectivity index is 1.80. The van der Waals surface area contributed by atoms with E-state index >= 15 is 0 Å². The first kappa shape index (κ1) is 17.3. The minimum atomic E-state index is 0.0320. The van der Waals surface area contributed by atoms with Gasteiger partial charge in [0.2, 0.25) is 0 Å². The number of aliphatic hydroxyl groups is 1. The molecule has 0 bridgehead atoms. The van der Waals surface area contributed by atoms with Crippen LogP contribution in [0, 0.1) is 6.92 Å². The van der Waals surface area contributed by atoms with Gasteiger partial charge >= 0.3 is 0 Å². The molecule has 2 N–H and O–H groups in total. The number of benzene rings is 1. The summed E-state index contributed by atoms with van der Waals surface area (Å²) in [5, 5.41) is 12.7. The van der Waals surface area contributed by atoms with E-state index in [0.717, 1.165) is 35.3 Å². The molecule has 0 amide bonds. The van der Waals surface area contributed by atoms with Crippen LogP contribution >= 0.6 is 0 Å². The zero-order chi connectivity index (χ0) is 18.0. The number of hydrogen-bond acceptors (Lipinski definition) is 4. The van der Waals surface area contributed by atoms with E-state index in [-0.39, 0.29) is 18.2 Å². The number of nitrogens with zero attached hydrogens (tertiary/aromatic N) is 2. The fourth-order valence-corrected chi connectivity index (χ4v) is 3.30. The zero-order valence-corrected chi connectivity index (χ0v) is 15.0. The number of aliphatic hydroxyl groups excluding tert-OH is 1. The van der Waals surface area contributed by atoms with Crippen LogP contribution < -0.4 is 10.9 Å². The Bertz CT molecular complexity index is 837. The van der Waals surface area contributed by atoms with Crippen LogP contribution in [-0.4, -0.2) is 34.2 Å². The average Bonchev–Trinajstić information content (AvgIpc) is 2.62. The summed E-state index contributed by atoms with van der Waals surface area (Å²) in [7, 11) is 3.83. The Hall–Kier alpha value is -2.53. The van der Waals surface area contributed by atoms with Crippen LogP contribution in [0.5, 0.6) is 0 Å². The molecule has 0 fully saturated rings. The van der Waals surface area contributed by atoms with Crippen molar-refractivity contribution in [2.75, 3.05) is 18.9 Å². The van der Waals surface area contributed by atoms with Crippen molar-refractivity contribution >= 4 is 11.3 Å². The Morgan fingerprint density at radius 2 is 1.92 bits per heavy atom. The van der Waals surface area contributed by atoms with E-state index in [4.69, 9.17) is 0 Å². The third-order valence-corrected chi connectivity index (χ3v) is 4.73. The lowest BCUT2D eigenvalue weighted by Gasteiger charge is -2.32. The van der Waals surface area contributed by atoms with Gasteiger partial charge in [0, 0.05) is 50.3 Å². The SMILES string of the molecule is Cc1c(N[C@@H]2CC(c3ccc(CO)cc3)=CN(C)C2)ccn(C)c1=O. The summed E-state index contributed by atoms with van der Waals surface area (Å²) < 4.78 is 1.60. The largest absolute Gasteiger partial charge is 0.392 e. The highest BCUT2D eigenvalue weighted by molar-refractivity contribution is 5.67. The molecule has 0 spiro atoms. The zero-order valence-electron chi connectivity index (χ0n) is 15.0. The molecule has 0 radical (unpaired) electrons. The molecule has 1 aliphatic rings. The molecule has 132 valence electrons. The second-order valence-electron chi connectivity index (χ2n) is 6.76. The summed E-state index contributed by atoms with van der Waals surface area (Å²) in [6.07, 6.45) is 4.86. The highest BCUT2D eigenvalue weighted by Crippen LogP contribution is 2.27. The number of pyridine rings is 1. The quantitative estimate of drug-likeness (QED) is 0.898. The lowest BCUT2D eigenvalue weighted by atomic mass is 9.95. The fourth-order valence-electron chi connectivity index (χ4n) is 3.30. The molecule has 0 unspecified atom stereocenters. The van der Waals surface area contributed by atoms with Crippen LogP contribution in [0.3, 0.4) is 0 Å². The summed E-state index contributed by atoms with van der Waals surface area (Å²) in [6, 6.07) is 10.2. The number of likely N-dealkylation sites (N-methyl/N-ethyl adjacent to an activating group) is 1. The standard InChI is InChI=1S/C20H25N3O2/c1-14-19(8-9-23(3)20(14)25)21-18-10-17(11-22(2)12-18)16-6-4-15(13-24)5-7-16/h4-9,11,18,21,24H,10,12-13H2,1-3H3/t18-/m1/s1. The van der Waals surface area contributed by atoms with Gasteiger partial charge in [-0.15, -0.1) is 0 Å². The Labute approximate surface area is 148 Å². The molecule has 0 aliphatic carbocycles. The van der Waals surface area contributed by atoms with Gasteiger partial charge in [-0.3, -0.25) is 4.79 Å². The van der Waals surface area contributed by atoms with E-state index in [1.54, 1.807) is 17.8 Å². The van der Waals surface area contributed by atoms with Gasteiger partial charge in [-0.05, 0) is 36.1 Å². The van der Waals surface area contributed by atoms with Gasteiger partial charge < -0.3 is 19.9 Å². The predicted octanol–water partition coefficient (Wildman–Crippen LogP) is 2.34. The molecule has 2 heterocycles. The number of aryl methyl sites for hydroxylation is 1. The van der Waals surface area contributed by atoms with Gasteiger partial charge in [0.15, 0.2) is 0 Å². The minimum Gasteiger partial charge on any atom is -0.392 e. The van der Waals surface area contributed by atoms with Crippen LogP contribution in [0.1, 0.15) is 23.1 Å². The number of anilines is 1. The maximum absolute atomic E-state index is 12.1. The molecular formula is C20H25N3O2. The van der Waals surface area contributed by atoms with Crippen molar-refractivity contribution in [1.29, 1.82) is 0 Å². The summed E-state index contributed by atoms with van der Waals surface area (Å²) in [4.78, 5) is 14.3. The van der Waals surface area contributed by atoms with Crippen molar-refractivity contribution in [2.45, 2.75) is 26.0 Å². The summed E-state index contributed by atoms with van der Waals surface area (Å²) in [5.41, 5.74) is 5.01. The minimum absolute atomic E-state index is 0.0320. The third kappa shape index (κ3) is 3.77. The van der Waals surface area contributed by atoms with Crippen molar-refractivity contribution in [3.8, 4) is 0 Å². The molecule has 0 saturated heterocycles. The van der Waals surface area contributed by atoms with Crippen molar-refractivity contribution < 1.29 is 5.11 Å².